The van der Waals surface area contributed by atoms with Gasteiger partial charge in [-0.3, -0.25) is 0 Å². The van der Waals surface area contributed by atoms with Crippen LogP contribution in [0.5, 0.6) is 0 Å². The topological polar surface area (TPSA) is 54.8 Å². The predicted molar refractivity (Wildman–Crippen MR) is 215 cm³/mol. The number of aromatic nitrogens is 1. The van der Waals surface area contributed by atoms with Crippen molar-refractivity contribution < 1.29 is 4.42 Å². The molecule has 0 saturated heterocycles. The van der Waals surface area contributed by atoms with Crippen molar-refractivity contribution in [2.75, 3.05) is 0 Å². The summed E-state index contributed by atoms with van der Waals surface area (Å²) in [5, 5.41) is 13.2. The Hall–Kier alpha value is -6.98. The van der Waals surface area contributed by atoms with Gasteiger partial charge in [0.25, 0.3) is 0 Å². The summed E-state index contributed by atoms with van der Waals surface area (Å²) in [5.41, 5.74) is 8.20. The molecule has 1 aliphatic rings. The molecule has 0 fully saturated rings. The van der Waals surface area contributed by atoms with Crippen LogP contribution < -0.4 is 5.32 Å². The number of rotatable bonds is 4. The molecule has 52 heavy (non-hydrogen) atoms. The first-order valence-corrected chi connectivity index (χ1v) is 17.6. The fourth-order valence-electron chi connectivity index (χ4n) is 8.00. The first-order valence-electron chi connectivity index (χ1n) is 17.6. The van der Waals surface area contributed by atoms with E-state index < -0.39 is 0 Å². The van der Waals surface area contributed by atoms with E-state index in [-0.39, 0.29) is 6.17 Å². The summed E-state index contributed by atoms with van der Waals surface area (Å²) < 4.78 is 8.68. The van der Waals surface area contributed by atoms with Gasteiger partial charge in [-0.15, -0.1) is 0 Å². The number of furan rings is 1. The zero-order chi connectivity index (χ0) is 34.2. The second-order valence-corrected chi connectivity index (χ2v) is 13.4. The number of aliphatic imine (C=N–C) groups is 2. The molecule has 0 amide bonds. The second kappa shape index (κ2) is 11.3. The number of nitrogens with one attached hydrogen (secondary N) is 1. The summed E-state index contributed by atoms with van der Waals surface area (Å²) in [6.07, 6.45) is -0.371. The molecular formula is C47H30N4O. The third-order valence-corrected chi connectivity index (χ3v) is 10.4. The minimum atomic E-state index is -0.371. The van der Waals surface area contributed by atoms with Crippen LogP contribution in [0, 0.1) is 0 Å². The van der Waals surface area contributed by atoms with Crippen molar-refractivity contribution in [2.24, 2.45) is 9.98 Å². The molecule has 8 aromatic carbocycles. The highest BCUT2D eigenvalue weighted by atomic mass is 16.3. The minimum absolute atomic E-state index is 0.371. The normalized spacial score (nSPS) is 14.7. The van der Waals surface area contributed by atoms with Gasteiger partial charge in [0.2, 0.25) is 0 Å². The highest BCUT2D eigenvalue weighted by molar-refractivity contribution is 6.21. The Bertz CT molecular complexity index is 3100. The number of amidine groups is 2. The van der Waals surface area contributed by atoms with E-state index in [0.29, 0.717) is 5.84 Å². The van der Waals surface area contributed by atoms with E-state index in [9.17, 15) is 0 Å². The van der Waals surface area contributed by atoms with Gasteiger partial charge in [-0.05, 0) is 64.7 Å². The standard InChI is InChI=1S/C47H30N4O/c1-2-12-30(13-3-1)45-48-46(50-47(49-45)38-18-10-20-42-43(38)37-17-8-9-19-41(37)52-42)31-21-24-34(25-22-31)51-40-28-33-15-5-4-14-32(33)27-39(40)36-26-23-29-11-6-7-16-35(29)44(36)51/h1-28,47H,(H,48,49,50). The van der Waals surface area contributed by atoms with Crippen LogP contribution in [0.2, 0.25) is 0 Å². The van der Waals surface area contributed by atoms with Crippen molar-refractivity contribution in [3.05, 3.63) is 187 Å². The zero-order valence-electron chi connectivity index (χ0n) is 28.0. The lowest BCUT2D eigenvalue weighted by atomic mass is 10.0. The molecule has 1 unspecified atom stereocenters. The molecule has 244 valence electrons. The number of nitrogens with zero attached hydrogens (tertiary/aromatic N) is 3. The quantitative estimate of drug-likeness (QED) is 0.203. The van der Waals surface area contributed by atoms with Crippen LogP contribution in [0.25, 0.3) is 71.0 Å². The molecule has 0 radical (unpaired) electrons. The molecule has 0 saturated carbocycles. The fourth-order valence-corrected chi connectivity index (χ4v) is 8.00. The first-order chi connectivity index (χ1) is 25.8. The SMILES string of the molecule is c1ccc(C2=NC(c3cccc4oc5ccccc5c34)NC(c3ccc(-n4c5cc6ccccc6cc5c5ccc6ccccc6c54)cc3)=N2)cc1. The molecule has 2 aromatic heterocycles. The lowest BCUT2D eigenvalue weighted by Gasteiger charge is -2.24. The maximum Gasteiger partial charge on any atom is 0.159 e. The molecule has 0 aliphatic carbocycles. The smallest absolute Gasteiger partial charge is 0.159 e. The summed E-state index contributed by atoms with van der Waals surface area (Å²) in [6, 6.07) is 59.8. The van der Waals surface area contributed by atoms with E-state index in [1.54, 1.807) is 0 Å². The molecule has 1 aliphatic heterocycles. The van der Waals surface area contributed by atoms with Gasteiger partial charge < -0.3 is 14.3 Å². The van der Waals surface area contributed by atoms with Crippen molar-refractivity contribution in [1.29, 1.82) is 0 Å². The van der Waals surface area contributed by atoms with Gasteiger partial charge >= 0.3 is 0 Å². The first kappa shape index (κ1) is 28.8. The van der Waals surface area contributed by atoms with E-state index in [0.717, 1.165) is 50.2 Å². The Morgan fingerprint density at radius 1 is 0.519 bits per heavy atom. The van der Waals surface area contributed by atoms with Gasteiger partial charge in [0.05, 0.1) is 11.0 Å². The van der Waals surface area contributed by atoms with E-state index in [1.807, 2.05) is 42.5 Å². The molecule has 5 heteroatoms. The summed E-state index contributed by atoms with van der Waals surface area (Å²) in [6.45, 7) is 0. The molecule has 0 bridgehead atoms. The van der Waals surface area contributed by atoms with Crippen LogP contribution in [0.15, 0.2) is 184 Å². The van der Waals surface area contributed by atoms with Crippen molar-refractivity contribution >= 4 is 77.0 Å². The van der Waals surface area contributed by atoms with E-state index in [1.165, 1.54) is 43.4 Å². The van der Waals surface area contributed by atoms with Crippen LogP contribution in [0.4, 0.5) is 0 Å². The average molecular weight is 667 g/mol. The van der Waals surface area contributed by atoms with E-state index >= 15 is 0 Å². The fraction of sp³-hybridized carbons (Fsp3) is 0.0213. The molecule has 1 N–H and O–H groups in total. The van der Waals surface area contributed by atoms with Crippen LogP contribution >= 0.6 is 0 Å². The highest BCUT2D eigenvalue weighted by Gasteiger charge is 2.25. The largest absolute Gasteiger partial charge is 0.456 e. The predicted octanol–water partition coefficient (Wildman–Crippen LogP) is 11.5. The Morgan fingerprint density at radius 2 is 1.23 bits per heavy atom. The zero-order valence-corrected chi connectivity index (χ0v) is 28.0. The third-order valence-electron chi connectivity index (χ3n) is 10.4. The number of para-hydroxylation sites is 1. The molecule has 11 rings (SSSR count). The third kappa shape index (κ3) is 4.42. The van der Waals surface area contributed by atoms with Crippen molar-refractivity contribution in [2.45, 2.75) is 6.17 Å². The highest BCUT2D eigenvalue weighted by Crippen LogP contribution is 2.39. The van der Waals surface area contributed by atoms with Crippen LogP contribution in [-0.2, 0) is 0 Å². The van der Waals surface area contributed by atoms with Crippen LogP contribution in [0.1, 0.15) is 22.9 Å². The van der Waals surface area contributed by atoms with Crippen LogP contribution in [-0.4, -0.2) is 16.2 Å². The molecule has 1 atom stereocenters. The van der Waals surface area contributed by atoms with Gasteiger partial charge in [0.1, 0.15) is 23.2 Å². The second-order valence-electron chi connectivity index (χ2n) is 13.4. The maximum atomic E-state index is 6.26. The molecule has 5 nitrogen and oxygen atoms in total. The van der Waals surface area contributed by atoms with Gasteiger partial charge in [-0.1, -0.05) is 121 Å². The monoisotopic (exact) mass is 666 g/mol. The Morgan fingerprint density at radius 3 is 2.08 bits per heavy atom. The Labute approximate surface area is 298 Å². The van der Waals surface area contributed by atoms with Gasteiger partial charge in [0, 0.05) is 49.3 Å². The number of hydrogen-bond donors (Lipinski definition) is 1. The minimum Gasteiger partial charge on any atom is -0.456 e. The van der Waals surface area contributed by atoms with Gasteiger partial charge in [-0.2, -0.15) is 0 Å². The van der Waals surface area contributed by atoms with Crippen molar-refractivity contribution in [1.82, 2.24) is 9.88 Å². The number of benzene rings is 8. The van der Waals surface area contributed by atoms with E-state index in [2.05, 4.69) is 137 Å². The maximum absolute atomic E-state index is 6.26. The lowest BCUT2D eigenvalue weighted by Crippen LogP contribution is -2.33. The molecule has 3 heterocycles. The summed E-state index contributed by atoms with van der Waals surface area (Å²) >= 11 is 0. The van der Waals surface area contributed by atoms with Crippen molar-refractivity contribution in [3.8, 4) is 5.69 Å². The lowest BCUT2D eigenvalue weighted by molar-refractivity contribution is 0.662. The van der Waals surface area contributed by atoms with Crippen molar-refractivity contribution in [3.63, 3.8) is 0 Å². The van der Waals surface area contributed by atoms with Gasteiger partial charge in [0.15, 0.2) is 5.84 Å². The molecule has 0 spiro atoms. The molecular weight excluding hydrogens is 637 g/mol. The average Bonchev–Trinajstić information content (AvgIpc) is 3.76. The van der Waals surface area contributed by atoms with Gasteiger partial charge in [-0.25, -0.2) is 9.98 Å². The number of hydrogen-bond acceptors (Lipinski definition) is 4. The number of fused-ring (bicyclic) bond motifs is 9. The van der Waals surface area contributed by atoms with Crippen LogP contribution in [0.3, 0.4) is 0 Å². The Balaban J connectivity index is 1.07. The summed E-state index contributed by atoms with van der Waals surface area (Å²) in [4.78, 5) is 10.3. The summed E-state index contributed by atoms with van der Waals surface area (Å²) in [5.74, 6) is 1.46. The van der Waals surface area contributed by atoms with E-state index in [4.69, 9.17) is 14.4 Å². The summed E-state index contributed by atoms with van der Waals surface area (Å²) in [7, 11) is 0. The molecule has 10 aromatic rings. The Kier molecular flexibility index (Phi) is 6.25.